The molecule has 0 aliphatic carbocycles. The second-order valence-electron chi connectivity index (χ2n) is 5.32. The maximum Gasteiger partial charge on any atom is 0.197 e. The molecular weight excluding hydrogens is 260 g/mol. The first-order chi connectivity index (χ1) is 9.11. The highest BCUT2D eigenvalue weighted by molar-refractivity contribution is 7.11. The topological polar surface area (TPSA) is 54.6 Å². The van der Waals surface area contributed by atoms with Crippen molar-refractivity contribution in [1.82, 2.24) is 9.27 Å². The van der Waals surface area contributed by atoms with Crippen LogP contribution in [0.3, 0.4) is 0 Å². The molecule has 0 amide bonds. The van der Waals surface area contributed by atoms with Gasteiger partial charge in [-0.2, -0.15) is 4.37 Å². The average Bonchev–Trinajstić information content (AvgIpc) is 2.72. The Morgan fingerprint density at radius 2 is 2.00 bits per heavy atom. The molecule has 0 saturated carbocycles. The van der Waals surface area contributed by atoms with E-state index in [1.54, 1.807) is 0 Å². The molecule has 108 valence electrons. The van der Waals surface area contributed by atoms with Gasteiger partial charge in [0.15, 0.2) is 16.6 Å². The molecule has 0 atom stereocenters. The number of nitrogens with two attached hydrogens (primary N) is 1. The molecule has 2 heterocycles. The number of piperazine rings is 1. The van der Waals surface area contributed by atoms with Gasteiger partial charge in [0.2, 0.25) is 0 Å². The van der Waals surface area contributed by atoms with Crippen molar-refractivity contribution in [3.8, 4) is 5.75 Å². The van der Waals surface area contributed by atoms with Gasteiger partial charge in [0.25, 0.3) is 0 Å². The Morgan fingerprint density at radius 3 is 2.58 bits per heavy atom. The van der Waals surface area contributed by atoms with Crippen LogP contribution >= 0.6 is 11.5 Å². The van der Waals surface area contributed by atoms with Crippen molar-refractivity contribution in [3.05, 3.63) is 0 Å². The molecule has 0 bridgehead atoms. The normalized spacial score (nSPS) is 17.2. The second kappa shape index (κ2) is 6.43. The van der Waals surface area contributed by atoms with E-state index in [-0.39, 0.29) is 0 Å². The molecule has 1 aliphatic heterocycles. The summed E-state index contributed by atoms with van der Waals surface area (Å²) in [7, 11) is 0. The minimum absolute atomic E-state index is 0.520. The smallest absolute Gasteiger partial charge is 0.197 e. The monoisotopic (exact) mass is 284 g/mol. The Kier molecular flexibility index (Phi) is 4.87. The zero-order valence-corrected chi connectivity index (χ0v) is 12.9. The van der Waals surface area contributed by atoms with Crippen molar-refractivity contribution in [2.45, 2.75) is 20.8 Å². The standard InChI is InChI=1S/C13H24N4OS/c1-4-18-11-12(14)15-19-13(11)17-7-5-16(6-8-17)9-10(2)3/h10H,4-9H2,1-3H3,(H2,14,15). The van der Waals surface area contributed by atoms with Gasteiger partial charge in [0, 0.05) is 32.7 Å². The zero-order valence-electron chi connectivity index (χ0n) is 12.1. The Bertz CT molecular complexity index is 399. The molecule has 0 radical (unpaired) electrons. The van der Waals surface area contributed by atoms with Gasteiger partial charge in [-0.3, -0.25) is 4.90 Å². The lowest BCUT2D eigenvalue weighted by Crippen LogP contribution is -2.47. The van der Waals surface area contributed by atoms with Crippen LogP contribution in [0.4, 0.5) is 10.8 Å². The summed E-state index contributed by atoms with van der Waals surface area (Å²) in [6, 6.07) is 0. The lowest BCUT2D eigenvalue weighted by atomic mass is 10.2. The van der Waals surface area contributed by atoms with Gasteiger partial charge in [0.1, 0.15) is 0 Å². The van der Waals surface area contributed by atoms with Crippen LogP contribution in [0.1, 0.15) is 20.8 Å². The molecule has 2 rings (SSSR count). The first-order valence-corrected chi connectivity index (χ1v) is 7.74. The highest BCUT2D eigenvalue weighted by atomic mass is 32.1. The van der Waals surface area contributed by atoms with Crippen molar-refractivity contribution in [3.63, 3.8) is 0 Å². The Labute approximate surface area is 119 Å². The molecule has 2 N–H and O–H groups in total. The summed E-state index contributed by atoms with van der Waals surface area (Å²) in [4.78, 5) is 4.86. The molecule has 6 heteroatoms. The van der Waals surface area contributed by atoms with Gasteiger partial charge < -0.3 is 15.4 Å². The summed E-state index contributed by atoms with van der Waals surface area (Å²) >= 11 is 1.45. The molecule has 0 spiro atoms. The maximum absolute atomic E-state index is 5.86. The average molecular weight is 284 g/mol. The van der Waals surface area contributed by atoms with Crippen LogP contribution in [0.5, 0.6) is 5.75 Å². The molecule has 1 aliphatic rings. The largest absolute Gasteiger partial charge is 0.487 e. The molecular formula is C13H24N4OS. The predicted molar refractivity (Wildman–Crippen MR) is 81.2 cm³/mol. The third-order valence-corrected chi connectivity index (χ3v) is 4.13. The van der Waals surface area contributed by atoms with Crippen LogP contribution in [0.2, 0.25) is 0 Å². The van der Waals surface area contributed by atoms with Crippen LogP contribution in [0.15, 0.2) is 0 Å². The number of hydrogen-bond donors (Lipinski definition) is 1. The van der Waals surface area contributed by atoms with E-state index >= 15 is 0 Å². The molecule has 1 saturated heterocycles. The number of ether oxygens (including phenoxy) is 1. The van der Waals surface area contributed by atoms with Gasteiger partial charge in [-0.15, -0.1) is 0 Å². The third-order valence-electron chi connectivity index (χ3n) is 3.23. The fourth-order valence-corrected chi connectivity index (χ4v) is 3.23. The lowest BCUT2D eigenvalue weighted by Gasteiger charge is -2.36. The van der Waals surface area contributed by atoms with Gasteiger partial charge in [0.05, 0.1) is 6.61 Å². The minimum Gasteiger partial charge on any atom is -0.487 e. The number of anilines is 2. The van der Waals surface area contributed by atoms with E-state index in [2.05, 4.69) is 28.0 Å². The van der Waals surface area contributed by atoms with E-state index in [0.29, 0.717) is 12.4 Å². The summed E-state index contributed by atoms with van der Waals surface area (Å²) < 4.78 is 9.84. The van der Waals surface area contributed by atoms with E-state index in [4.69, 9.17) is 10.5 Å². The molecule has 0 unspecified atom stereocenters. The predicted octanol–water partition coefficient (Wildman–Crippen LogP) is 1.90. The molecule has 5 nitrogen and oxygen atoms in total. The highest BCUT2D eigenvalue weighted by Gasteiger charge is 2.23. The van der Waals surface area contributed by atoms with Crippen LogP contribution < -0.4 is 15.4 Å². The van der Waals surface area contributed by atoms with Crippen LogP contribution in [-0.2, 0) is 0 Å². The van der Waals surface area contributed by atoms with E-state index in [1.165, 1.54) is 18.1 Å². The van der Waals surface area contributed by atoms with Crippen molar-refractivity contribution in [2.24, 2.45) is 5.92 Å². The third kappa shape index (κ3) is 3.51. The zero-order chi connectivity index (χ0) is 13.8. The summed E-state index contributed by atoms with van der Waals surface area (Å²) in [5.41, 5.74) is 5.86. The number of nitrogen functional groups attached to an aromatic ring is 1. The SMILES string of the molecule is CCOc1c(N)nsc1N1CCN(CC(C)C)CC1. The summed E-state index contributed by atoms with van der Waals surface area (Å²) in [5, 5.41) is 1.09. The lowest BCUT2D eigenvalue weighted by molar-refractivity contribution is 0.231. The summed E-state index contributed by atoms with van der Waals surface area (Å²) in [5.74, 6) is 2.01. The quantitative estimate of drug-likeness (QED) is 0.895. The number of aromatic nitrogens is 1. The van der Waals surface area contributed by atoms with Crippen molar-refractivity contribution >= 4 is 22.4 Å². The number of hydrogen-bond acceptors (Lipinski definition) is 6. The second-order valence-corrected chi connectivity index (χ2v) is 6.07. The maximum atomic E-state index is 5.86. The first-order valence-electron chi connectivity index (χ1n) is 6.97. The Morgan fingerprint density at radius 1 is 1.32 bits per heavy atom. The molecule has 1 aromatic heterocycles. The summed E-state index contributed by atoms with van der Waals surface area (Å²) in [6.07, 6.45) is 0. The van der Waals surface area contributed by atoms with Crippen LogP contribution in [0.25, 0.3) is 0 Å². The number of nitrogens with zero attached hydrogens (tertiary/aromatic N) is 3. The van der Waals surface area contributed by atoms with E-state index in [1.807, 2.05) is 6.92 Å². The molecule has 0 aromatic carbocycles. The van der Waals surface area contributed by atoms with Crippen molar-refractivity contribution in [1.29, 1.82) is 0 Å². The van der Waals surface area contributed by atoms with Gasteiger partial charge in [-0.1, -0.05) is 13.8 Å². The Hall–Kier alpha value is -1.01. The molecule has 19 heavy (non-hydrogen) atoms. The highest BCUT2D eigenvalue weighted by Crippen LogP contribution is 2.38. The van der Waals surface area contributed by atoms with E-state index < -0.39 is 0 Å². The minimum atomic E-state index is 0.520. The van der Waals surface area contributed by atoms with Crippen LogP contribution in [0, 0.1) is 5.92 Å². The van der Waals surface area contributed by atoms with Crippen molar-refractivity contribution < 1.29 is 4.74 Å². The van der Waals surface area contributed by atoms with Gasteiger partial charge >= 0.3 is 0 Å². The molecule has 1 aromatic rings. The Balaban J connectivity index is 1.97. The van der Waals surface area contributed by atoms with Gasteiger partial charge in [-0.05, 0) is 24.4 Å². The van der Waals surface area contributed by atoms with Gasteiger partial charge in [-0.25, -0.2) is 0 Å². The number of rotatable bonds is 5. The van der Waals surface area contributed by atoms with Crippen LogP contribution in [-0.4, -0.2) is 48.6 Å². The van der Waals surface area contributed by atoms with E-state index in [9.17, 15) is 0 Å². The van der Waals surface area contributed by atoms with Crippen molar-refractivity contribution in [2.75, 3.05) is 50.0 Å². The summed E-state index contributed by atoms with van der Waals surface area (Å²) in [6.45, 7) is 12.6. The van der Waals surface area contributed by atoms with E-state index in [0.717, 1.165) is 42.8 Å². The first kappa shape index (κ1) is 14.4. The fraction of sp³-hybridized carbons (Fsp3) is 0.769. The molecule has 1 fully saturated rings. The fourth-order valence-electron chi connectivity index (χ4n) is 2.42.